The molecule has 2 aromatic rings. The normalized spacial score (nSPS) is 10.8. The van der Waals surface area contributed by atoms with Crippen LogP contribution in [0, 0.1) is 6.92 Å². The molecular formula is C13H17N3O2S3. The van der Waals surface area contributed by atoms with Gasteiger partial charge in [0.25, 0.3) is 0 Å². The van der Waals surface area contributed by atoms with E-state index in [0.29, 0.717) is 12.3 Å². The van der Waals surface area contributed by atoms with Crippen LogP contribution in [0.3, 0.4) is 0 Å². The molecule has 8 heteroatoms. The molecule has 0 saturated carbocycles. The van der Waals surface area contributed by atoms with E-state index in [1.165, 1.54) is 23.1 Å². The third-order valence-electron chi connectivity index (χ3n) is 2.59. The fourth-order valence-electron chi connectivity index (χ4n) is 1.56. The topological polar surface area (TPSA) is 59.2 Å². The minimum absolute atomic E-state index is 0.0500. The second-order valence-electron chi connectivity index (χ2n) is 4.32. The molecule has 0 bridgehead atoms. The van der Waals surface area contributed by atoms with E-state index in [1.54, 1.807) is 23.7 Å². The molecule has 21 heavy (non-hydrogen) atoms. The van der Waals surface area contributed by atoms with Gasteiger partial charge < -0.3 is 9.32 Å². The molecule has 0 aliphatic heterocycles. The van der Waals surface area contributed by atoms with E-state index < -0.39 is 0 Å². The standard InChI is InChI=1S/C13H17N3O2S3/c1-4-19-12-14-15-13(21-12)20-8-11(17)16(3)7-10-6-5-9(2)18-10/h5-6H,4,7-8H2,1-3H3. The summed E-state index contributed by atoms with van der Waals surface area (Å²) in [6, 6.07) is 3.79. The molecule has 0 spiro atoms. The Hall–Kier alpha value is -0.990. The van der Waals surface area contributed by atoms with Crippen molar-refractivity contribution in [2.75, 3.05) is 18.6 Å². The lowest BCUT2D eigenvalue weighted by molar-refractivity contribution is -0.127. The van der Waals surface area contributed by atoms with Crippen LogP contribution in [0.4, 0.5) is 0 Å². The van der Waals surface area contributed by atoms with Crippen LogP contribution < -0.4 is 0 Å². The molecule has 0 fully saturated rings. The molecule has 0 unspecified atom stereocenters. The van der Waals surface area contributed by atoms with Crippen molar-refractivity contribution in [1.82, 2.24) is 15.1 Å². The summed E-state index contributed by atoms with van der Waals surface area (Å²) in [7, 11) is 1.78. The zero-order valence-corrected chi connectivity index (χ0v) is 14.6. The first-order chi connectivity index (χ1) is 10.1. The highest BCUT2D eigenvalue weighted by atomic mass is 32.2. The fourth-order valence-corrected chi connectivity index (χ4v) is 4.42. The lowest BCUT2D eigenvalue weighted by Crippen LogP contribution is -2.27. The summed E-state index contributed by atoms with van der Waals surface area (Å²) in [5.41, 5.74) is 0. The van der Waals surface area contributed by atoms with Gasteiger partial charge in [0.2, 0.25) is 5.91 Å². The van der Waals surface area contributed by atoms with Crippen molar-refractivity contribution in [1.29, 1.82) is 0 Å². The first-order valence-corrected chi connectivity index (χ1v) is 9.25. The smallest absolute Gasteiger partial charge is 0.233 e. The van der Waals surface area contributed by atoms with Gasteiger partial charge in [0.05, 0.1) is 12.3 Å². The number of furan rings is 1. The monoisotopic (exact) mass is 343 g/mol. The molecule has 0 aliphatic rings. The Morgan fingerprint density at radius 2 is 2.05 bits per heavy atom. The molecule has 0 radical (unpaired) electrons. The van der Waals surface area contributed by atoms with Crippen molar-refractivity contribution in [2.24, 2.45) is 0 Å². The van der Waals surface area contributed by atoms with E-state index in [4.69, 9.17) is 4.42 Å². The van der Waals surface area contributed by atoms with Gasteiger partial charge in [-0.05, 0) is 24.8 Å². The van der Waals surface area contributed by atoms with E-state index in [1.807, 2.05) is 19.1 Å². The van der Waals surface area contributed by atoms with Crippen LogP contribution >= 0.6 is 34.9 Å². The van der Waals surface area contributed by atoms with Crippen LogP contribution in [-0.2, 0) is 11.3 Å². The van der Waals surface area contributed by atoms with E-state index in [0.717, 1.165) is 26.0 Å². The minimum Gasteiger partial charge on any atom is -0.464 e. The maximum Gasteiger partial charge on any atom is 0.233 e. The highest BCUT2D eigenvalue weighted by Gasteiger charge is 2.13. The molecule has 2 rings (SSSR count). The van der Waals surface area contributed by atoms with E-state index in [-0.39, 0.29) is 5.91 Å². The second-order valence-corrected chi connectivity index (χ2v) is 8.03. The Balaban J connectivity index is 1.80. The highest BCUT2D eigenvalue weighted by Crippen LogP contribution is 2.28. The van der Waals surface area contributed by atoms with E-state index in [2.05, 4.69) is 17.1 Å². The van der Waals surface area contributed by atoms with Crippen molar-refractivity contribution in [2.45, 2.75) is 29.1 Å². The molecule has 1 amide bonds. The average Bonchev–Trinajstić information content (AvgIpc) is 3.06. The third kappa shape index (κ3) is 5.05. The number of amides is 1. The number of hydrogen-bond acceptors (Lipinski definition) is 7. The zero-order valence-electron chi connectivity index (χ0n) is 12.2. The maximum absolute atomic E-state index is 12.1. The van der Waals surface area contributed by atoms with Gasteiger partial charge in [-0.1, -0.05) is 41.8 Å². The van der Waals surface area contributed by atoms with Gasteiger partial charge >= 0.3 is 0 Å². The first-order valence-electron chi connectivity index (χ1n) is 6.47. The average molecular weight is 343 g/mol. The number of aryl methyl sites for hydroxylation is 1. The van der Waals surface area contributed by atoms with Gasteiger partial charge in [0, 0.05) is 7.05 Å². The van der Waals surface area contributed by atoms with Crippen molar-refractivity contribution < 1.29 is 9.21 Å². The quantitative estimate of drug-likeness (QED) is 0.719. The number of rotatable bonds is 7. The van der Waals surface area contributed by atoms with Crippen molar-refractivity contribution in [3.8, 4) is 0 Å². The Morgan fingerprint density at radius 1 is 1.33 bits per heavy atom. The molecule has 2 heterocycles. The summed E-state index contributed by atoms with van der Waals surface area (Å²) >= 11 is 4.63. The number of carbonyl (C=O) groups excluding carboxylic acids is 1. The number of nitrogens with zero attached hydrogens (tertiary/aromatic N) is 3. The largest absolute Gasteiger partial charge is 0.464 e. The fraction of sp³-hybridized carbons (Fsp3) is 0.462. The van der Waals surface area contributed by atoms with Crippen molar-refractivity contribution in [3.05, 3.63) is 23.7 Å². The van der Waals surface area contributed by atoms with E-state index in [9.17, 15) is 4.79 Å². The van der Waals surface area contributed by atoms with Crippen molar-refractivity contribution >= 4 is 40.8 Å². The molecule has 0 aromatic carbocycles. The molecular weight excluding hydrogens is 326 g/mol. The number of aromatic nitrogens is 2. The second kappa shape index (κ2) is 7.86. The number of carbonyl (C=O) groups is 1. The predicted octanol–water partition coefficient (Wildman–Crippen LogP) is 3.30. The van der Waals surface area contributed by atoms with E-state index >= 15 is 0 Å². The Labute approximate surface area is 136 Å². The summed E-state index contributed by atoms with van der Waals surface area (Å²) in [6.45, 7) is 4.45. The molecule has 2 aromatic heterocycles. The Kier molecular flexibility index (Phi) is 6.13. The van der Waals surface area contributed by atoms with Gasteiger partial charge in [0.15, 0.2) is 8.68 Å². The summed E-state index contributed by atoms with van der Waals surface area (Å²) < 4.78 is 7.26. The molecule has 5 nitrogen and oxygen atoms in total. The molecule has 114 valence electrons. The SMILES string of the molecule is CCSc1nnc(SCC(=O)N(C)Cc2ccc(C)o2)s1. The van der Waals surface area contributed by atoms with Gasteiger partial charge in [-0.2, -0.15) is 0 Å². The van der Waals surface area contributed by atoms with Crippen LogP contribution in [0.15, 0.2) is 25.2 Å². The summed E-state index contributed by atoms with van der Waals surface area (Å²) in [5.74, 6) is 3.04. The van der Waals surface area contributed by atoms with Crippen LogP contribution in [0.25, 0.3) is 0 Å². The Morgan fingerprint density at radius 3 is 2.67 bits per heavy atom. The summed E-state index contributed by atoms with van der Waals surface area (Å²) in [4.78, 5) is 13.7. The Bertz CT molecular complexity index is 597. The highest BCUT2D eigenvalue weighted by molar-refractivity contribution is 8.03. The lowest BCUT2D eigenvalue weighted by Gasteiger charge is -2.14. The van der Waals surface area contributed by atoms with Gasteiger partial charge in [0.1, 0.15) is 11.5 Å². The first kappa shape index (κ1) is 16.4. The van der Waals surface area contributed by atoms with Crippen LogP contribution in [0.1, 0.15) is 18.4 Å². The maximum atomic E-state index is 12.1. The number of hydrogen-bond donors (Lipinski definition) is 0. The van der Waals surface area contributed by atoms with Gasteiger partial charge in [-0.15, -0.1) is 10.2 Å². The van der Waals surface area contributed by atoms with Crippen LogP contribution in [-0.4, -0.2) is 39.6 Å². The molecule has 0 aliphatic carbocycles. The van der Waals surface area contributed by atoms with Gasteiger partial charge in [-0.25, -0.2) is 0 Å². The summed E-state index contributed by atoms with van der Waals surface area (Å²) in [5, 5.41) is 8.14. The molecule has 0 atom stereocenters. The molecule has 0 N–H and O–H groups in total. The lowest BCUT2D eigenvalue weighted by atomic mass is 10.4. The third-order valence-corrected chi connectivity index (χ3v) is 5.65. The minimum atomic E-state index is 0.0500. The van der Waals surface area contributed by atoms with Crippen molar-refractivity contribution in [3.63, 3.8) is 0 Å². The molecule has 0 saturated heterocycles. The van der Waals surface area contributed by atoms with Crippen LogP contribution in [0.2, 0.25) is 0 Å². The number of thioether (sulfide) groups is 2. The van der Waals surface area contributed by atoms with Crippen LogP contribution in [0.5, 0.6) is 0 Å². The summed E-state index contributed by atoms with van der Waals surface area (Å²) in [6.07, 6.45) is 0. The predicted molar refractivity (Wildman–Crippen MR) is 87.0 cm³/mol. The zero-order chi connectivity index (χ0) is 15.2. The van der Waals surface area contributed by atoms with Gasteiger partial charge in [-0.3, -0.25) is 4.79 Å².